The summed E-state index contributed by atoms with van der Waals surface area (Å²) in [5, 5.41) is 4.28. The Morgan fingerprint density at radius 3 is 2.88 bits per heavy atom. The molecule has 0 N–H and O–H groups in total. The molecular formula is C14H16N2O. The van der Waals surface area contributed by atoms with Gasteiger partial charge in [-0.05, 0) is 24.6 Å². The highest BCUT2D eigenvalue weighted by Gasteiger charge is 2.08. The minimum Gasteiger partial charge on any atom is -0.496 e. The molecular weight excluding hydrogens is 212 g/mol. The minimum atomic E-state index is 0.853. The van der Waals surface area contributed by atoms with Gasteiger partial charge in [-0.25, -0.2) is 0 Å². The van der Waals surface area contributed by atoms with Crippen LogP contribution in [0.5, 0.6) is 5.75 Å². The van der Waals surface area contributed by atoms with Crippen LogP contribution in [0.3, 0.4) is 0 Å². The van der Waals surface area contributed by atoms with Gasteiger partial charge in [0.1, 0.15) is 5.75 Å². The van der Waals surface area contributed by atoms with Crippen LogP contribution < -0.4 is 4.74 Å². The van der Waals surface area contributed by atoms with Gasteiger partial charge in [-0.3, -0.25) is 4.68 Å². The first-order valence-corrected chi connectivity index (χ1v) is 5.61. The van der Waals surface area contributed by atoms with E-state index in [1.165, 1.54) is 0 Å². The first kappa shape index (κ1) is 11.5. The number of ether oxygens (including phenoxy) is 1. The Morgan fingerprint density at radius 1 is 1.47 bits per heavy atom. The maximum Gasteiger partial charge on any atom is 0.126 e. The van der Waals surface area contributed by atoms with Gasteiger partial charge in [0.2, 0.25) is 0 Å². The molecule has 0 amide bonds. The van der Waals surface area contributed by atoms with Crippen LogP contribution in [0, 0.1) is 0 Å². The summed E-state index contributed by atoms with van der Waals surface area (Å²) in [7, 11) is 1.68. The van der Waals surface area contributed by atoms with E-state index in [0.29, 0.717) is 0 Å². The summed E-state index contributed by atoms with van der Waals surface area (Å²) in [5.41, 5.74) is 3.18. The Kier molecular flexibility index (Phi) is 3.28. The Labute approximate surface area is 101 Å². The lowest BCUT2D eigenvalue weighted by molar-refractivity contribution is 0.416. The van der Waals surface area contributed by atoms with E-state index in [1.807, 2.05) is 35.3 Å². The SMILES string of the molecule is C=Cc1ccc(OC)c(-c2cnn(CC)c2)c1. The summed E-state index contributed by atoms with van der Waals surface area (Å²) in [5.74, 6) is 0.853. The summed E-state index contributed by atoms with van der Waals surface area (Å²) < 4.78 is 7.27. The lowest BCUT2D eigenvalue weighted by atomic mass is 10.0. The summed E-state index contributed by atoms with van der Waals surface area (Å²) in [6.45, 7) is 6.71. The van der Waals surface area contributed by atoms with Crippen LogP contribution in [-0.4, -0.2) is 16.9 Å². The Bertz CT molecular complexity index is 529. The summed E-state index contributed by atoms with van der Waals surface area (Å²) in [6, 6.07) is 6.00. The second-order valence-corrected chi connectivity index (χ2v) is 3.75. The second kappa shape index (κ2) is 4.87. The molecule has 0 saturated carbocycles. The molecule has 0 aliphatic rings. The molecule has 0 aliphatic carbocycles. The van der Waals surface area contributed by atoms with E-state index in [-0.39, 0.29) is 0 Å². The number of hydrogen-bond donors (Lipinski definition) is 0. The van der Waals surface area contributed by atoms with Crippen molar-refractivity contribution in [1.29, 1.82) is 0 Å². The third-order valence-electron chi connectivity index (χ3n) is 2.73. The van der Waals surface area contributed by atoms with Crippen molar-refractivity contribution in [3.63, 3.8) is 0 Å². The van der Waals surface area contributed by atoms with E-state index in [1.54, 1.807) is 7.11 Å². The molecule has 1 aromatic heterocycles. The number of benzene rings is 1. The van der Waals surface area contributed by atoms with Gasteiger partial charge >= 0.3 is 0 Å². The molecule has 17 heavy (non-hydrogen) atoms. The van der Waals surface area contributed by atoms with Crippen molar-refractivity contribution in [2.24, 2.45) is 0 Å². The monoisotopic (exact) mass is 228 g/mol. The van der Waals surface area contributed by atoms with Gasteiger partial charge in [-0.15, -0.1) is 0 Å². The number of rotatable bonds is 4. The number of aryl methyl sites for hydroxylation is 1. The fourth-order valence-electron chi connectivity index (χ4n) is 1.75. The number of hydrogen-bond acceptors (Lipinski definition) is 2. The summed E-state index contributed by atoms with van der Waals surface area (Å²) >= 11 is 0. The highest BCUT2D eigenvalue weighted by molar-refractivity contribution is 5.72. The Hall–Kier alpha value is -2.03. The quantitative estimate of drug-likeness (QED) is 0.803. The van der Waals surface area contributed by atoms with Crippen molar-refractivity contribution in [2.75, 3.05) is 7.11 Å². The van der Waals surface area contributed by atoms with E-state index < -0.39 is 0 Å². The molecule has 2 aromatic rings. The van der Waals surface area contributed by atoms with Crippen molar-refractivity contribution >= 4 is 6.08 Å². The molecule has 0 atom stereocenters. The Balaban J connectivity index is 2.51. The van der Waals surface area contributed by atoms with Gasteiger partial charge in [0.15, 0.2) is 0 Å². The summed E-state index contributed by atoms with van der Waals surface area (Å²) in [4.78, 5) is 0. The van der Waals surface area contributed by atoms with Gasteiger partial charge in [-0.1, -0.05) is 18.7 Å². The maximum absolute atomic E-state index is 5.37. The molecule has 0 aliphatic heterocycles. The van der Waals surface area contributed by atoms with Crippen LogP contribution in [0.25, 0.3) is 17.2 Å². The molecule has 0 bridgehead atoms. The molecule has 1 aromatic carbocycles. The molecule has 0 spiro atoms. The Morgan fingerprint density at radius 2 is 2.29 bits per heavy atom. The van der Waals surface area contributed by atoms with Gasteiger partial charge in [0.25, 0.3) is 0 Å². The maximum atomic E-state index is 5.37. The largest absolute Gasteiger partial charge is 0.496 e. The first-order valence-electron chi connectivity index (χ1n) is 5.61. The zero-order valence-corrected chi connectivity index (χ0v) is 10.2. The number of aromatic nitrogens is 2. The van der Waals surface area contributed by atoms with E-state index >= 15 is 0 Å². The molecule has 3 heteroatoms. The predicted molar refractivity (Wildman–Crippen MR) is 70.0 cm³/mol. The van der Waals surface area contributed by atoms with Crippen LogP contribution >= 0.6 is 0 Å². The standard InChI is InChI=1S/C14H16N2O/c1-4-11-6-7-14(17-3)13(8-11)12-9-15-16(5-2)10-12/h4,6-10H,1,5H2,2-3H3. The van der Waals surface area contributed by atoms with Gasteiger partial charge in [-0.2, -0.15) is 5.10 Å². The van der Waals surface area contributed by atoms with Crippen molar-refractivity contribution in [1.82, 2.24) is 9.78 Å². The van der Waals surface area contributed by atoms with Crippen molar-refractivity contribution in [3.05, 3.63) is 42.7 Å². The summed E-state index contributed by atoms with van der Waals surface area (Å²) in [6.07, 6.45) is 5.70. The fourth-order valence-corrected chi connectivity index (χ4v) is 1.75. The van der Waals surface area contributed by atoms with Crippen LogP contribution in [0.15, 0.2) is 37.2 Å². The normalized spacial score (nSPS) is 10.2. The minimum absolute atomic E-state index is 0.853. The van der Waals surface area contributed by atoms with E-state index in [4.69, 9.17) is 4.74 Å². The molecule has 0 unspecified atom stereocenters. The predicted octanol–water partition coefficient (Wildman–Crippen LogP) is 3.22. The molecule has 0 saturated heterocycles. The fraction of sp³-hybridized carbons (Fsp3) is 0.214. The first-order chi connectivity index (χ1) is 8.28. The van der Waals surface area contributed by atoms with E-state index in [2.05, 4.69) is 24.7 Å². The smallest absolute Gasteiger partial charge is 0.126 e. The van der Waals surface area contributed by atoms with Crippen LogP contribution in [0.1, 0.15) is 12.5 Å². The van der Waals surface area contributed by atoms with Gasteiger partial charge in [0, 0.05) is 23.9 Å². The molecule has 2 rings (SSSR count). The average molecular weight is 228 g/mol. The zero-order valence-electron chi connectivity index (χ0n) is 10.2. The molecule has 0 fully saturated rings. The highest BCUT2D eigenvalue weighted by atomic mass is 16.5. The van der Waals surface area contributed by atoms with Gasteiger partial charge < -0.3 is 4.74 Å². The lowest BCUT2D eigenvalue weighted by Crippen LogP contribution is -1.92. The topological polar surface area (TPSA) is 27.1 Å². The molecule has 0 radical (unpaired) electrons. The zero-order chi connectivity index (χ0) is 12.3. The average Bonchev–Trinajstić information content (AvgIpc) is 2.86. The highest BCUT2D eigenvalue weighted by Crippen LogP contribution is 2.30. The number of methoxy groups -OCH3 is 1. The molecule has 88 valence electrons. The lowest BCUT2D eigenvalue weighted by Gasteiger charge is -2.07. The van der Waals surface area contributed by atoms with Crippen molar-refractivity contribution < 1.29 is 4.74 Å². The van der Waals surface area contributed by atoms with E-state index in [9.17, 15) is 0 Å². The van der Waals surface area contributed by atoms with Gasteiger partial charge in [0.05, 0.1) is 13.3 Å². The van der Waals surface area contributed by atoms with Crippen molar-refractivity contribution in [3.8, 4) is 16.9 Å². The molecule has 1 heterocycles. The molecule has 3 nitrogen and oxygen atoms in total. The second-order valence-electron chi connectivity index (χ2n) is 3.75. The van der Waals surface area contributed by atoms with Crippen LogP contribution in [-0.2, 0) is 6.54 Å². The van der Waals surface area contributed by atoms with Crippen molar-refractivity contribution in [2.45, 2.75) is 13.5 Å². The number of nitrogens with zero attached hydrogens (tertiary/aromatic N) is 2. The third-order valence-corrected chi connectivity index (χ3v) is 2.73. The van der Waals surface area contributed by atoms with Crippen LogP contribution in [0.2, 0.25) is 0 Å². The van der Waals surface area contributed by atoms with E-state index in [0.717, 1.165) is 29.0 Å². The third kappa shape index (κ3) is 2.23. The van der Waals surface area contributed by atoms with Crippen LogP contribution in [0.4, 0.5) is 0 Å².